The van der Waals surface area contributed by atoms with Gasteiger partial charge in [0.05, 0.1) is 0 Å². The van der Waals surface area contributed by atoms with Crippen LogP contribution in [-0.2, 0) is 0 Å². The van der Waals surface area contributed by atoms with Gasteiger partial charge >= 0.3 is 0 Å². The van der Waals surface area contributed by atoms with Crippen LogP contribution in [0.5, 0.6) is 0 Å². The lowest BCUT2D eigenvalue weighted by molar-refractivity contribution is 0.844. The molecule has 3 aliphatic rings. The maximum Gasteiger partial charge on any atom is 0.0346 e. The number of aromatic nitrogens is 1. The van der Waals surface area contributed by atoms with Gasteiger partial charge in [0, 0.05) is 23.9 Å². The van der Waals surface area contributed by atoms with Crippen LogP contribution in [0.1, 0.15) is 29.0 Å². The average Bonchev–Trinajstić information content (AvgIpc) is 3.70. The Morgan fingerprint density at radius 2 is 1.06 bits per heavy atom. The van der Waals surface area contributed by atoms with Crippen LogP contribution in [0.25, 0.3) is 94.7 Å². The van der Waals surface area contributed by atoms with Crippen LogP contribution in [-0.4, -0.2) is 4.98 Å². The second kappa shape index (κ2) is 10.6. The minimum Gasteiger partial charge on any atom is -0.264 e. The Hall–Kier alpha value is -6.31. The molecule has 7 aromatic carbocycles. The summed E-state index contributed by atoms with van der Waals surface area (Å²) in [6.07, 6.45) is 9.71. The summed E-state index contributed by atoms with van der Waals surface area (Å²) in [5.74, 6) is 0.399. The fourth-order valence-electron chi connectivity index (χ4n) is 9.24. The van der Waals surface area contributed by atoms with Crippen LogP contribution < -0.4 is 0 Å². The highest BCUT2D eigenvalue weighted by molar-refractivity contribution is 6.20. The van der Waals surface area contributed by atoms with Gasteiger partial charge in [0.25, 0.3) is 0 Å². The zero-order chi connectivity index (χ0) is 32.8. The summed E-state index contributed by atoms with van der Waals surface area (Å²) in [5, 5.41) is 2.62. The van der Waals surface area contributed by atoms with Crippen molar-refractivity contribution < 1.29 is 0 Å². The molecule has 1 aromatic heterocycles. The van der Waals surface area contributed by atoms with E-state index in [1.165, 1.54) is 99.8 Å². The number of nitrogens with zero attached hydrogens (tertiary/aromatic N) is 1. The zero-order valence-electron chi connectivity index (χ0n) is 27.4. The van der Waals surface area contributed by atoms with E-state index < -0.39 is 0 Å². The molecule has 0 fully saturated rings. The normalized spacial score (nSPS) is 14.4. The van der Waals surface area contributed by atoms with Crippen molar-refractivity contribution in [1.29, 1.82) is 0 Å². The van der Waals surface area contributed by atoms with E-state index >= 15 is 0 Å². The van der Waals surface area contributed by atoms with Crippen molar-refractivity contribution in [2.24, 2.45) is 0 Å². The summed E-state index contributed by atoms with van der Waals surface area (Å²) < 4.78 is 0. The van der Waals surface area contributed by atoms with E-state index in [0.717, 1.165) is 12.0 Å². The maximum atomic E-state index is 4.67. The summed E-state index contributed by atoms with van der Waals surface area (Å²) in [7, 11) is 0. The van der Waals surface area contributed by atoms with Gasteiger partial charge in [-0.25, -0.2) is 0 Å². The number of benzene rings is 7. The third-order valence-electron chi connectivity index (χ3n) is 11.3. The molecule has 0 saturated heterocycles. The minimum atomic E-state index is 0.399. The highest BCUT2D eigenvalue weighted by Gasteiger charge is 2.33. The monoisotopic (exact) mass is 633 g/mol. The molecule has 0 N–H and O–H groups in total. The predicted molar refractivity (Wildman–Crippen MR) is 209 cm³/mol. The minimum absolute atomic E-state index is 0.399. The Bertz CT molecular complexity index is 2690. The molecule has 1 nitrogen and oxygen atoms in total. The molecule has 1 heterocycles. The first-order valence-electron chi connectivity index (χ1n) is 17.6. The van der Waals surface area contributed by atoms with Gasteiger partial charge in [-0.05, 0) is 112 Å². The first-order valence-corrected chi connectivity index (χ1v) is 17.6. The van der Waals surface area contributed by atoms with Crippen LogP contribution in [0.4, 0.5) is 0 Å². The Kier molecular flexibility index (Phi) is 5.85. The van der Waals surface area contributed by atoms with Gasteiger partial charge in [-0.15, -0.1) is 0 Å². The van der Waals surface area contributed by atoms with Gasteiger partial charge in [-0.2, -0.15) is 0 Å². The van der Waals surface area contributed by atoms with Crippen molar-refractivity contribution in [3.63, 3.8) is 0 Å². The van der Waals surface area contributed by atoms with E-state index in [4.69, 9.17) is 0 Å². The summed E-state index contributed by atoms with van der Waals surface area (Å²) in [4.78, 5) is 4.67. The predicted octanol–water partition coefficient (Wildman–Crippen LogP) is 13.1. The van der Waals surface area contributed by atoms with Crippen molar-refractivity contribution in [2.45, 2.75) is 12.3 Å². The van der Waals surface area contributed by atoms with Crippen LogP contribution in [0, 0.1) is 0 Å². The summed E-state index contributed by atoms with van der Waals surface area (Å²) in [6, 6.07) is 54.0. The quantitative estimate of drug-likeness (QED) is 0.188. The molecule has 1 heteroatoms. The average molecular weight is 634 g/mol. The van der Waals surface area contributed by atoms with Crippen LogP contribution in [0.2, 0.25) is 0 Å². The molecular weight excluding hydrogens is 603 g/mol. The molecule has 0 aliphatic heterocycles. The number of pyridine rings is 1. The van der Waals surface area contributed by atoms with E-state index in [1.807, 2.05) is 12.4 Å². The van der Waals surface area contributed by atoms with E-state index in [9.17, 15) is 0 Å². The fraction of sp³-hybridized carbons (Fsp3) is 0.0408. The maximum absolute atomic E-state index is 4.67. The Morgan fingerprint density at radius 3 is 1.88 bits per heavy atom. The molecule has 0 saturated carbocycles. The second-order valence-electron chi connectivity index (χ2n) is 13.7. The van der Waals surface area contributed by atoms with Crippen LogP contribution in [0.15, 0.2) is 164 Å². The van der Waals surface area contributed by atoms with E-state index in [0.29, 0.717) is 5.92 Å². The van der Waals surface area contributed by atoms with E-state index in [2.05, 4.69) is 163 Å². The summed E-state index contributed by atoms with van der Waals surface area (Å²) in [5.41, 5.74) is 22.1. The largest absolute Gasteiger partial charge is 0.264 e. The number of hydrogen-bond donors (Lipinski definition) is 0. The third-order valence-corrected chi connectivity index (χ3v) is 11.3. The lowest BCUT2D eigenvalue weighted by atomic mass is 9.78. The first-order chi connectivity index (χ1) is 24.8. The molecule has 11 rings (SSSR count). The van der Waals surface area contributed by atoms with Gasteiger partial charge in [0.1, 0.15) is 0 Å². The standard InChI is InChI=1S/C49H31N/c1-2-11-30(12-3-1)46-42(36-22-24-44-34-16-6-4-14-32(34)38-18-8-20-40(36)48(38)44)26-27-43(47(46)31-13-10-28-50-29-31)37-23-25-45-35-17-7-5-15-33(35)39-19-9-21-41(37)49(39)45/h1-17,19-29,38H,18H2. The SMILES string of the molecule is C1=Cc2c(-c3ccc(-c4ccc5c6c(cccc46)-c4ccccc4-5)c(-c4cccnc4)c3-c3ccccc3)ccc3c2C(C1)c1ccccc1-3. The number of rotatable bonds is 4. The second-order valence-corrected chi connectivity index (χ2v) is 13.7. The van der Waals surface area contributed by atoms with Crippen molar-refractivity contribution in [3.05, 3.63) is 181 Å². The molecule has 0 bridgehead atoms. The van der Waals surface area contributed by atoms with Crippen molar-refractivity contribution in [1.82, 2.24) is 4.98 Å². The van der Waals surface area contributed by atoms with Crippen LogP contribution >= 0.6 is 0 Å². The van der Waals surface area contributed by atoms with Crippen LogP contribution in [0.3, 0.4) is 0 Å². The van der Waals surface area contributed by atoms with E-state index in [1.54, 1.807) is 0 Å². The molecule has 232 valence electrons. The lowest BCUT2D eigenvalue weighted by Gasteiger charge is -2.25. The molecule has 8 aromatic rings. The molecule has 0 spiro atoms. The van der Waals surface area contributed by atoms with Gasteiger partial charge in [-0.1, -0.05) is 152 Å². The Morgan fingerprint density at radius 1 is 0.440 bits per heavy atom. The molecule has 1 atom stereocenters. The molecule has 1 unspecified atom stereocenters. The van der Waals surface area contributed by atoms with Gasteiger partial charge in [0.2, 0.25) is 0 Å². The summed E-state index contributed by atoms with van der Waals surface area (Å²) in [6.45, 7) is 0. The fourth-order valence-corrected chi connectivity index (χ4v) is 9.24. The molecule has 50 heavy (non-hydrogen) atoms. The molecule has 0 radical (unpaired) electrons. The van der Waals surface area contributed by atoms with Gasteiger partial charge in [0.15, 0.2) is 0 Å². The summed E-state index contributed by atoms with van der Waals surface area (Å²) >= 11 is 0. The van der Waals surface area contributed by atoms with Crippen molar-refractivity contribution in [3.8, 4) is 77.9 Å². The topological polar surface area (TPSA) is 12.9 Å². The first kappa shape index (κ1) is 27.6. The number of hydrogen-bond acceptors (Lipinski definition) is 1. The smallest absolute Gasteiger partial charge is 0.0346 e. The molecular formula is C49H31N. The highest BCUT2D eigenvalue weighted by Crippen LogP contribution is 2.55. The number of fused-ring (bicyclic) bond motifs is 6. The van der Waals surface area contributed by atoms with Gasteiger partial charge < -0.3 is 0 Å². The third kappa shape index (κ3) is 3.80. The number of allylic oxidation sites excluding steroid dienone is 1. The van der Waals surface area contributed by atoms with Gasteiger partial charge in [-0.3, -0.25) is 4.98 Å². The Balaban J connectivity index is 1.23. The molecule has 0 amide bonds. The van der Waals surface area contributed by atoms with E-state index in [-0.39, 0.29) is 0 Å². The molecule has 3 aliphatic carbocycles. The Labute approximate surface area is 291 Å². The van der Waals surface area contributed by atoms with Crippen molar-refractivity contribution in [2.75, 3.05) is 0 Å². The zero-order valence-corrected chi connectivity index (χ0v) is 27.4. The van der Waals surface area contributed by atoms with Crippen molar-refractivity contribution >= 4 is 16.8 Å². The highest BCUT2D eigenvalue weighted by atomic mass is 14.6. The lowest BCUT2D eigenvalue weighted by Crippen LogP contribution is -2.04.